The first kappa shape index (κ1) is 11.7. The third-order valence-corrected chi connectivity index (χ3v) is 2.00. The predicted octanol–water partition coefficient (Wildman–Crippen LogP) is 1.52. The molecule has 2 N–H and O–H groups in total. The number of amides is 1. The maximum absolute atomic E-state index is 11.0. The number of hydrogen-bond donors (Lipinski definition) is 2. The van der Waals surface area contributed by atoms with E-state index in [0.717, 1.165) is 0 Å². The van der Waals surface area contributed by atoms with Crippen LogP contribution < -0.4 is 5.32 Å². The number of carbonyl (C=O) groups excluding carboxylic acids is 1. The van der Waals surface area contributed by atoms with Crippen molar-refractivity contribution in [2.45, 2.75) is 13.8 Å². The molecule has 0 fully saturated rings. The molecule has 1 rings (SSSR count). The number of anilines is 1. The van der Waals surface area contributed by atoms with Crippen molar-refractivity contribution in [3.63, 3.8) is 0 Å². The summed E-state index contributed by atoms with van der Waals surface area (Å²) in [6.45, 7) is 2.93. The Bertz CT molecular complexity index is 501. The quantitative estimate of drug-likeness (QED) is 0.787. The summed E-state index contributed by atoms with van der Waals surface area (Å²) in [5.41, 5.74) is 0.960. The molecule has 0 aliphatic carbocycles. The molecule has 0 spiro atoms. The average Bonchev–Trinajstić information content (AvgIpc) is 2.19. The highest BCUT2D eigenvalue weighted by atomic mass is 16.4. The van der Waals surface area contributed by atoms with Gasteiger partial charge in [0.1, 0.15) is 0 Å². The van der Waals surface area contributed by atoms with E-state index in [1.807, 2.05) is 6.07 Å². The second-order valence-corrected chi connectivity index (χ2v) is 3.31. The van der Waals surface area contributed by atoms with Gasteiger partial charge in [0.25, 0.3) is 0 Å². The van der Waals surface area contributed by atoms with E-state index < -0.39 is 5.97 Å². The number of nitrogens with zero attached hydrogens (tertiary/aromatic N) is 1. The molecule has 0 aliphatic rings. The van der Waals surface area contributed by atoms with E-state index in [0.29, 0.717) is 5.56 Å². The SMILES string of the molecule is CC(=O)Nc1c(C)cc(C#N)cc1C(=O)O. The molecule has 0 heterocycles. The fraction of sp³-hybridized carbons (Fsp3) is 0.182. The number of benzene rings is 1. The van der Waals surface area contributed by atoms with Crippen LogP contribution in [0.3, 0.4) is 0 Å². The van der Waals surface area contributed by atoms with Gasteiger partial charge in [-0.2, -0.15) is 5.26 Å². The van der Waals surface area contributed by atoms with Gasteiger partial charge in [-0.3, -0.25) is 4.79 Å². The van der Waals surface area contributed by atoms with Crippen LogP contribution in [0.15, 0.2) is 12.1 Å². The summed E-state index contributed by atoms with van der Waals surface area (Å²) >= 11 is 0. The molecule has 1 aromatic rings. The van der Waals surface area contributed by atoms with E-state index in [4.69, 9.17) is 10.4 Å². The van der Waals surface area contributed by atoms with Crippen LogP contribution in [-0.2, 0) is 4.79 Å². The Kier molecular flexibility index (Phi) is 3.26. The summed E-state index contributed by atoms with van der Waals surface area (Å²) in [4.78, 5) is 21.9. The minimum atomic E-state index is -1.18. The second-order valence-electron chi connectivity index (χ2n) is 3.31. The van der Waals surface area contributed by atoms with Crippen LogP contribution in [0.5, 0.6) is 0 Å². The molecule has 0 unspecified atom stereocenters. The molecule has 0 atom stereocenters. The standard InChI is InChI=1S/C11H10N2O3/c1-6-3-8(5-12)4-9(11(15)16)10(6)13-7(2)14/h3-4H,1-2H3,(H,13,14)(H,15,16). The Morgan fingerprint density at radius 2 is 2.06 bits per heavy atom. The number of aromatic carboxylic acids is 1. The summed E-state index contributed by atoms with van der Waals surface area (Å²) in [7, 11) is 0. The van der Waals surface area contributed by atoms with Gasteiger partial charge in [-0.25, -0.2) is 4.79 Å². The summed E-state index contributed by atoms with van der Waals surface area (Å²) < 4.78 is 0. The molecular formula is C11H10N2O3. The van der Waals surface area contributed by atoms with E-state index in [9.17, 15) is 9.59 Å². The Balaban J connectivity index is 3.41. The summed E-state index contributed by atoms with van der Waals surface area (Å²) in [6.07, 6.45) is 0. The first-order chi connectivity index (χ1) is 7.45. The van der Waals surface area contributed by atoms with Crippen molar-refractivity contribution in [1.82, 2.24) is 0 Å². The third-order valence-electron chi connectivity index (χ3n) is 2.00. The zero-order valence-electron chi connectivity index (χ0n) is 8.87. The third kappa shape index (κ3) is 2.36. The average molecular weight is 218 g/mol. The van der Waals surface area contributed by atoms with E-state index in [1.165, 1.54) is 19.1 Å². The highest BCUT2D eigenvalue weighted by molar-refractivity contribution is 6.01. The van der Waals surface area contributed by atoms with Gasteiger partial charge in [0.2, 0.25) is 5.91 Å². The van der Waals surface area contributed by atoms with E-state index >= 15 is 0 Å². The predicted molar refractivity (Wildman–Crippen MR) is 57.2 cm³/mol. The van der Waals surface area contributed by atoms with Crippen LogP contribution >= 0.6 is 0 Å². The van der Waals surface area contributed by atoms with Crippen LogP contribution in [0.25, 0.3) is 0 Å². The van der Waals surface area contributed by atoms with Crippen LogP contribution in [0, 0.1) is 18.3 Å². The van der Waals surface area contributed by atoms with Gasteiger partial charge in [-0.15, -0.1) is 0 Å². The van der Waals surface area contributed by atoms with Gasteiger partial charge in [-0.05, 0) is 24.6 Å². The number of carboxylic acid groups (broad SMARTS) is 1. The maximum Gasteiger partial charge on any atom is 0.337 e. The first-order valence-corrected chi connectivity index (χ1v) is 4.51. The van der Waals surface area contributed by atoms with Gasteiger partial charge < -0.3 is 10.4 Å². The molecule has 16 heavy (non-hydrogen) atoms. The highest BCUT2D eigenvalue weighted by Gasteiger charge is 2.15. The molecule has 0 bridgehead atoms. The number of carboxylic acids is 1. The monoisotopic (exact) mass is 218 g/mol. The van der Waals surface area contributed by atoms with Crippen LogP contribution in [0.4, 0.5) is 5.69 Å². The number of rotatable bonds is 2. The number of hydrogen-bond acceptors (Lipinski definition) is 3. The molecule has 82 valence electrons. The molecule has 0 aliphatic heterocycles. The van der Waals surface area contributed by atoms with Gasteiger partial charge in [0.15, 0.2) is 0 Å². The lowest BCUT2D eigenvalue weighted by Gasteiger charge is -2.10. The fourth-order valence-corrected chi connectivity index (χ4v) is 1.36. The van der Waals surface area contributed by atoms with Gasteiger partial charge in [-0.1, -0.05) is 0 Å². The smallest absolute Gasteiger partial charge is 0.337 e. The molecule has 0 aromatic heterocycles. The van der Waals surface area contributed by atoms with E-state index in [2.05, 4.69) is 5.32 Å². The van der Waals surface area contributed by atoms with E-state index in [-0.39, 0.29) is 22.7 Å². The lowest BCUT2D eigenvalue weighted by Crippen LogP contribution is -2.12. The van der Waals surface area contributed by atoms with Crippen molar-refractivity contribution < 1.29 is 14.7 Å². The number of carbonyl (C=O) groups is 2. The Morgan fingerprint density at radius 1 is 1.44 bits per heavy atom. The van der Waals surface area contributed by atoms with Crippen molar-refractivity contribution in [3.05, 3.63) is 28.8 Å². The van der Waals surface area contributed by atoms with Gasteiger partial charge in [0, 0.05) is 6.92 Å². The normalized spacial score (nSPS) is 9.31. The summed E-state index contributed by atoms with van der Waals surface area (Å²) in [6, 6.07) is 4.63. The lowest BCUT2D eigenvalue weighted by atomic mass is 10.0. The number of nitriles is 1. The molecule has 1 amide bonds. The Morgan fingerprint density at radius 3 is 2.50 bits per heavy atom. The molecule has 0 saturated heterocycles. The van der Waals surface area contributed by atoms with Crippen LogP contribution in [-0.4, -0.2) is 17.0 Å². The van der Waals surface area contributed by atoms with Crippen molar-refractivity contribution in [2.24, 2.45) is 0 Å². The molecule has 5 nitrogen and oxygen atoms in total. The second kappa shape index (κ2) is 4.45. The molecule has 0 radical (unpaired) electrons. The molecule has 0 saturated carbocycles. The topological polar surface area (TPSA) is 90.2 Å². The zero-order chi connectivity index (χ0) is 12.3. The van der Waals surface area contributed by atoms with Crippen molar-refractivity contribution in [1.29, 1.82) is 5.26 Å². The zero-order valence-corrected chi connectivity index (χ0v) is 8.87. The Labute approximate surface area is 92.3 Å². The van der Waals surface area contributed by atoms with Crippen molar-refractivity contribution in [3.8, 4) is 6.07 Å². The van der Waals surface area contributed by atoms with Crippen LogP contribution in [0.2, 0.25) is 0 Å². The molecule has 1 aromatic carbocycles. The largest absolute Gasteiger partial charge is 0.478 e. The summed E-state index contributed by atoms with van der Waals surface area (Å²) in [5, 5.41) is 20.1. The number of nitrogens with one attached hydrogen (secondary N) is 1. The number of aryl methyl sites for hydroxylation is 1. The molecule has 5 heteroatoms. The highest BCUT2D eigenvalue weighted by Crippen LogP contribution is 2.22. The minimum Gasteiger partial charge on any atom is -0.478 e. The van der Waals surface area contributed by atoms with Crippen molar-refractivity contribution in [2.75, 3.05) is 5.32 Å². The Hall–Kier alpha value is -2.35. The first-order valence-electron chi connectivity index (χ1n) is 4.51. The van der Waals surface area contributed by atoms with Crippen LogP contribution in [0.1, 0.15) is 28.4 Å². The van der Waals surface area contributed by atoms with Gasteiger partial charge in [0.05, 0.1) is 22.9 Å². The van der Waals surface area contributed by atoms with Gasteiger partial charge >= 0.3 is 5.97 Å². The lowest BCUT2D eigenvalue weighted by molar-refractivity contribution is -0.114. The maximum atomic E-state index is 11.0. The minimum absolute atomic E-state index is 0.0771. The van der Waals surface area contributed by atoms with E-state index in [1.54, 1.807) is 6.92 Å². The van der Waals surface area contributed by atoms with Crippen molar-refractivity contribution >= 4 is 17.6 Å². The summed E-state index contributed by atoms with van der Waals surface area (Å²) in [5.74, 6) is -1.53. The molecular weight excluding hydrogens is 208 g/mol. The fourth-order valence-electron chi connectivity index (χ4n) is 1.36.